The van der Waals surface area contributed by atoms with Crippen LogP contribution in [0, 0.1) is 3.70 Å². The lowest BCUT2D eigenvalue weighted by atomic mass is 9.99. The van der Waals surface area contributed by atoms with Gasteiger partial charge in [-0.3, -0.25) is 13.9 Å². The number of nitrogens with zero attached hydrogens (tertiary/aromatic N) is 7. The summed E-state index contributed by atoms with van der Waals surface area (Å²) in [4.78, 5) is 18.2. The Kier molecular flexibility index (Phi) is 12.0. The summed E-state index contributed by atoms with van der Waals surface area (Å²) in [6, 6.07) is 22.9. The minimum Gasteiger partial charge on any atom is -0.396 e. The molecule has 0 unspecified atom stereocenters. The first kappa shape index (κ1) is 42.4. The average molecular weight is 965 g/mol. The number of fused-ring (bicyclic) bond motifs is 6. The number of alkyl halides is 6. The number of imidazole rings is 2. The number of aliphatic hydroxyl groups is 2. The molecule has 0 aliphatic carbocycles. The number of aromatic amines is 1. The fourth-order valence-corrected chi connectivity index (χ4v) is 7.76. The summed E-state index contributed by atoms with van der Waals surface area (Å²) in [7, 11) is 0. The van der Waals surface area contributed by atoms with Gasteiger partial charge in [0, 0.05) is 32.5 Å². The van der Waals surface area contributed by atoms with E-state index in [-0.39, 0.29) is 24.3 Å². The molecule has 12 nitrogen and oxygen atoms in total. The first-order chi connectivity index (χ1) is 29.9. The third-order valence-corrected chi connectivity index (χ3v) is 10.7. The van der Waals surface area contributed by atoms with Gasteiger partial charge in [-0.05, 0) is 100 Å². The molecule has 4 aromatic carbocycles. The lowest BCUT2D eigenvalue weighted by Gasteiger charge is -2.15. The van der Waals surface area contributed by atoms with Crippen molar-refractivity contribution in [2.24, 2.45) is 0 Å². The Bertz CT molecular complexity index is 3020. The molecule has 5 N–H and O–H groups in total. The lowest BCUT2D eigenvalue weighted by Crippen LogP contribution is -2.08. The van der Waals surface area contributed by atoms with E-state index < -0.39 is 23.5 Å². The molecule has 5 aromatic heterocycles. The van der Waals surface area contributed by atoms with Crippen molar-refractivity contribution >= 4 is 67.6 Å². The van der Waals surface area contributed by atoms with Crippen LogP contribution in [0.5, 0.6) is 0 Å². The number of hydrogen-bond acceptors (Lipinski definition) is 9. The van der Waals surface area contributed by atoms with E-state index in [1.807, 2.05) is 14.9 Å². The van der Waals surface area contributed by atoms with Crippen LogP contribution in [0.1, 0.15) is 24.0 Å². The van der Waals surface area contributed by atoms with Crippen LogP contribution in [0.4, 0.5) is 38.0 Å². The van der Waals surface area contributed by atoms with Crippen LogP contribution < -0.4 is 10.6 Å². The molecule has 0 aliphatic heterocycles. The third kappa shape index (κ3) is 8.46. The number of rotatable bonds is 11. The molecule has 0 atom stereocenters. The maximum absolute atomic E-state index is 13.6. The number of nitrogens with one attached hydrogen (secondary N) is 3. The molecule has 318 valence electrons. The van der Waals surface area contributed by atoms with Crippen LogP contribution in [-0.2, 0) is 12.4 Å². The fourth-order valence-electron chi connectivity index (χ4n) is 7.13. The smallest absolute Gasteiger partial charge is 0.396 e. The van der Waals surface area contributed by atoms with Gasteiger partial charge in [-0.1, -0.05) is 48.5 Å². The summed E-state index contributed by atoms with van der Waals surface area (Å²) < 4.78 is 85.8. The van der Waals surface area contributed by atoms with Crippen LogP contribution in [-0.4, -0.2) is 75.5 Å². The zero-order valence-electron chi connectivity index (χ0n) is 32.3. The van der Waals surface area contributed by atoms with Crippen LogP contribution >= 0.6 is 22.6 Å². The highest BCUT2D eigenvalue weighted by atomic mass is 127. The molecule has 9 rings (SSSR count). The van der Waals surface area contributed by atoms with Crippen molar-refractivity contribution in [1.82, 2.24) is 38.9 Å². The van der Waals surface area contributed by atoms with E-state index in [4.69, 9.17) is 10.2 Å². The zero-order valence-corrected chi connectivity index (χ0v) is 34.5. The Balaban J connectivity index is 0.000000172. The number of aromatic nitrogens is 8. The molecule has 0 bridgehead atoms. The Morgan fingerprint density at radius 3 is 1.63 bits per heavy atom. The standard InChI is InChI=1S/C23H19F3N6O.C20H16F3IN4O/c24-23(25,26)16-5-2-1-4-15(16)14-6-7-19-18(12-14)30-21(27-9-3-11-33)22-28-13-20(32(19)22)17-8-10-29-31-17;21-20(22,23)14-5-2-1-4-13(14)12-6-7-16-15(10-12)27-18(25-8-3-9-29)19-26-11-17(24)28(16)19/h1-2,4-8,10,12-13,33H,3,9,11H2,(H,27,30)(H,29,31);1-2,4-7,10-11,29H,3,8-9H2,(H,25,27). The van der Waals surface area contributed by atoms with Gasteiger partial charge in [0.25, 0.3) is 0 Å². The normalized spacial score (nSPS) is 12.0. The fraction of sp³-hybridized carbons (Fsp3) is 0.186. The van der Waals surface area contributed by atoms with E-state index in [2.05, 4.69) is 63.4 Å². The molecule has 0 spiro atoms. The highest BCUT2D eigenvalue weighted by molar-refractivity contribution is 14.1. The first-order valence-electron chi connectivity index (χ1n) is 19.2. The van der Waals surface area contributed by atoms with E-state index in [1.54, 1.807) is 67.1 Å². The number of benzene rings is 4. The molecule has 0 radical (unpaired) electrons. The van der Waals surface area contributed by atoms with Crippen molar-refractivity contribution in [2.75, 3.05) is 36.9 Å². The molecular formula is C43H35F6IN10O2. The van der Waals surface area contributed by atoms with Crippen molar-refractivity contribution in [3.63, 3.8) is 0 Å². The number of hydrogen-bond donors (Lipinski definition) is 5. The highest BCUT2D eigenvalue weighted by Gasteiger charge is 2.34. The maximum atomic E-state index is 13.6. The van der Waals surface area contributed by atoms with Gasteiger partial charge in [-0.15, -0.1) is 0 Å². The van der Waals surface area contributed by atoms with E-state index in [0.29, 0.717) is 76.5 Å². The van der Waals surface area contributed by atoms with Crippen molar-refractivity contribution in [2.45, 2.75) is 25.2 Å². The van der Waals surface area contributed by atoms with Gasteiger partial charge in [0.1, 0.15) is 3.70 Å². The summed E-state index contributed by atoms with van der Waals surface area (Å²) in [6.07, 6.45) is -2.83. The molecule has 19 heteroatoms. The van der Waals surface area contributed by atoms with Gasteiger partial charge in [0.05, 0.1) is 57.0 Å². The topological polar surface area (TPSA) is 154 Å². The Hall–Kier alpha value is -6.32. The average Bonchev–Trinajstić information content (AvgIpc) is 4.04. The van der Waals surface area contributed by atoms with Gasteiger partial charge in [-0.25, -0.2) is 19.9 Å². The Morgan fingerprint density at radius 1 is 0.629 bits per heavy atom. The minimum absolute atomic E-state index is 0.0169. The quantitative estimate of drug-likeness (QED) is 0.0485. The summed E-state index contributed by atoms with van der Waals surface area (Å²) in [5, 5.41) is 31.4. The monoisotopic (exact) mass is 964 g/mol. The second kappa shape index (κ2) is 17.6. The maximum Gasteiger partial charge on any atom is 0.417 e. The minimum atomic E-state index is -4.47. The van der Waals surface area contributed by atoms with Gasteiger partial charge < -0.3 is 20.8 Å². The summed E-state index contributed by atoms with van der Waals surface area (Å²) in [5.74, 6) is 0.998. The first-order valence-corrected chi connectivity index (χ1v) is 20.3. The molecule has 0 fully saturated rings. The highest BCUT2D eigenvalue weighted by Crippen LogP contribution is 2.40. The van der Waals surface area contributed by atoms with E-state index in [1.165, 1.54) is 24.3 Å². The van der Waals surface area contributed by atoms with Gasteiger partial charge in [0.15, 0.2) is 22.9 Å². The van der Waals surface area contributed by atoms with Crippen molar-refractivity contribution in [3.8, 4) is 33.6 Å². The Morgan fingerprint density at radius 2 is 1.13 bits per heavy atom. The third-order valence-electron chi connectivity index (χ3n) is 9.92. The molecule has 0 saturated heterocycles. The SMILES string of the molecule is OCCCNc1nc2cc(-c3ccccc3C(F)(F)F)ccc2n2c(-c3ccn[nH]3)cnc12.OCCCNc1nc2cc(-c3ccccc3C(F)(F)F)ccc2n2c(I)cnc12. The van der Waals surface area contributed by atoms with Crippen molar-refractivity contribution in [3.05, 3.63) is 124 Å². The second-order valence-corrected chi connectivity index (χ2v) is 15.0. The van der Waals surface area contributed by atoms with Crippen LogP contribution in [0.2, 0.25) is 0 Å². The molecule has 0 aliphatic rings. The predicted octanol–water partition coefficient (Wildman–Crippen LogP) is 9.72. The molecule has 0 saturated carbocycles. The largest absolute Gasteiger partial charge is 0.417 e. The molecule has 62 heavy (non-hydrogen) atoms. The number of anilines is 2. The molecule has 9 aromatic rings. The van der Waals surface area contributed by atoms with Gasteiger partial charge in [0.2, 0.25) is 0 Å². The summed E-state index contributed by atoms with van der Waals surface area (Å²) in [5.41, 5.74) is 4.82. The lowest BCUT2D eigenvalue weighted by molar-refractivity contribution is -0.137. The van der Waals surface area contributed by atoms with E-state index in [9.17, 15) is 26.3 Å². The summed E-state index contributed by atoms with van der Waals surface area (Å²) in [6.45, 7) is 1.03. The van der Waals surface area contributed by atoms with Crippen LogP contribution in [0.15, 0.2) is 110 Å². The predicted molar refractivity (Wildman–Crippen MR) is 233 cm³/mol. The van der Waals surface area contributed by atoms with Crippen molar-refractivity contribution < 1.29 is 36.6 Å². The van der Waals surface area contributed by atoms with Crippen LogP contribution in [0.3, 0.4) is 0 Å². The molecular weight excluding hydrogens is 929 g/mol. The number of halogens is 7. The zero-order chi connectivity index (χ0) is 43.6. The van der Waals surface area contributed by atoms with Gasteiger partial charge >= 0.3 is 12.4 Å². The summed E-state index contributed by atoms with van der Waals surface area (Å²) >= 11 is 2.16. The van der Waals surface area contributed by atoms with Gasteiger partial charge in [-0.2, -0.15) is 31.4 Å². The molecule has 5 heterocycles. The number of H-pyrrole nitrogens is 1. The van der Waals surface area contributed by atoms with Crippen molar-refractivity contribution in [1.29, 1.82) is 0 Å². The number of aliphatic hydroxyl groups excluding tert-OH is 2. The van der Waals surface area contributed by atoms with E-state index in [0.717, 1.165) is 32.7 Å². The second-order valence-electron chi connectivity index (χ2n) is 13.9. The Labute approximate surface area is 361 Å². The van der Waals surface area contributed by atoms with Crippen LogP contribution in [0.25, 0.3) is 67.0 Å². The van der Waals surface area contributed by atoms with E-state index >= 15 is 0 Å². The molecule has 0 amide bonds.